The molecule has 0 radical (unpaired) electrons. The molecule has 5 heteroatoms. The van der Waals surface area contributed by atoms with Gasteiger partial charge in [-0.1, -0.05) is 18.2 Å². The molecule has 0 atom stereocenters. The summed E-state index contributed by atoms with van der Waals surface area (Å²) in [6.07, 6.45) is 5.44. The second-order valence-electron chi connectivity index (χ2n) is 4.75. The molecule has 0 aliphatic rings. The third-order valence-electron chi connectivity index (χ3n) is 3.11. The summed E-state index contributed by atoms with van der Waals surface area (Å²) in [7, 11) is 0. The second-order valence-corrected chi connectivity index (χ2v) is 5.47. The minimum absolute atomic E-state index is 0.480. The molecule has 0 aliphatic heterocycles. The molecule has 2 heterocycles. The zero-order valence-corrected chi connectivity index (χ0v) is 13.0. The maximum atomic E-state index is 8.74. The minimum Gasteiger partial charge on any atom is -0.487 e. The highest BCUT2D eigenvalue weighted by molar-refractivity contribution is 7.07. The Kier molecular flexibility index (Phi) is 4.77. The quantitative estimate of drug-likeness (QED) is 0.708. The summed E-state index contributed by atoms with van der Waals surface area (Å²) in [5.74, 6) is 0.812. The van der Waals surface area contributed by atoms with Crippen molar-refractivity contribution in [2.45, 2.75) is 6.61 Å². The molecule has 1 aromatic carbocycles. The van der Waals surface area contributed by atoms with Gasteiger partial charge in [-0.05, 0) is 35.9 Å². The molecule has 0 fully saturated rings. The topological polar surface area (TPSA) is 58.8 Å². The number of nitrogens with zero attached hydrogens (tertiary/aromatic N) is 3. The molecule has 0 amide bonds. The molecule has 112 valence electrons. The Morgan fingerprint density at radius 2 is 1.96 bits per heavy atom. The first-order chi connectivity index (χ1) is 11.3. The Balaban J connectivity index is 1.60. The van der Waals surface area contributed by atoms with Gasteiger partial charge in [0.15, 0.2) is 0 Å². The fourth-order valence-corrected chi connectivity index (χ4v) is 2.44. The van der Waals surface area contributed by atoms with Crippen molar-refractivity contribution in [2.75, 3.05) is 0 Å². The number of pyridine rings is 1. The van der Waals surface area contributed by atoms with Crippen LogP contribution >= 0.6 is 11.3 Å². The smallest absolute Gasteiger partial charge is 0.131 e. The number of aromatic nitrogens is 2. The maximum Gasteiger partial charge on any atom is 0.131 e. The Bertz CT molecular complexity index is 816. The van der Waals surface area contributed by atoms with Crippen molar-refractivity contribution in [2.24, 2.45) is 0 Å². The Hall–Kier alpha value is -2.97. The van der Waals surface area contributed by atoms with E-state index in [1.165, 1.54) is 0 Å². The molecule has 23 heavy (non-hydrogen) atoms. The van der Waals surface area contributed by atoms with Gasteiger partial charge in [0.05, 0.1) is 22.5 Å². The van der Waals surface area contributed by atoms with Gasteiger partial charge in [0.1, 0.15) is 18.4 Å². The lowest BCUT2D eigenvalue weighted by molar-refractivity contribution is 0.302. The van der Waals surface area contributed by atoms with E-state index in [1.807, 2.05) is 47.9 Å². The molecule has 2 aromatic heterocycles. The average molecular weight is 319 g/mol. The highest BCUT2D eigenvalue weighted by Crippen LogP contribution is 2.16. The van der Waals surface area contributed by atoms with Crippen molar-refractivity contribution >= 4 is 23.5 Å². The SMILES string of the molecule is N#Cc1ccc(C=Cc2ccc(OCc3cscn3)cc2)nc1. The van der Waals surface area contributed by atoms with Crippen molar-refractivity contribution in [3.8, 4) is 11.8 Å². The molecule has 0 bridgehead atoms. The van der Waals surface area contributed by atoms with Crippen LogP contribution in [0.2, 0.25) is 0 Å². The van der Waals surface area contributed by atoms with Gasteiger partial charge in [-0.3, -0.25) is 4.98 Å². The lowest BCUT2D eigenvalue weighted by Gasteiger charge is -2.04. The highest BCUT2D eigenvalue weighted by Gasteiger charge is 1.98. The molecule has 3 rings (SSSR count). The zero-order chi connectivity index (χ0) is 15.9. The van der Waals surface area contributed by atoms with E-state index in [1.54, 1.807) is 29.1 Å². The lowest BCUT2D eigenvalue weighted by Crippen LogP contribution is -1.94. The van der Waals surface area contributed by atoms with E-state index in [0.29, 0.717) is 12.2 Å². The van der Waals surface area contributed by atoms with Crippen LogP contribution in [0.5, 0.6) is 5.75 Å². The fourth-order valence-electron chi connectivity index (χ4n) is 1.89. The number of ether oxygens (including phenoxy) is 1. The fraction of sp³-hybridized carbons (Fsp3) is 0.0556. The largest absolute Gasteiger partial charge is 0.487 e. The van der Waals surface area contributed by atoms with E-state index >= 15 is 0 Å². The van der Waals surface area contributed by atoms with Crippen LogP contribution in [0.1, 0.15) is 22.5 Å². The molecule has 0 unspecified atom stereocenters. The van der Waals surface area contributed by atoms with Crippen LogP contribution in [-0.4, -0.2) is 9.97 Å². The van der Waals surface area contributed by atoms with Crippen LogP contribution in [-0.2, 0) is 6.61 Å². The predicted octanol–water partition coefficient (Wildman–Crippen LogP) is 4.16. The van der Waals surface area contributed by atoms with Crippen LogP contribution in [0, 0.1) is 11.3 Å². The van der Waals surface area contributed by atoms with Gasteiger partial charge in [-0.2, -0.15) is 5.26 Å². The summed E-state index contributed by atoms with van der Waals surface area (Å²) in [4.78, 5) is 8.38. The van der Waals surface area contributed by atoms with Crippen LogP contribution in [0.3, 0.4) is 0 Å². The van der Waals surface area contributed by atoms with Gasteiger partial charge in [-0.15, -0.1) is 11.3 Å². The average Bonchev–Trinajstić information content (AvgIpc) is 3.13. The molecule has 0 saturated carbocycles. The number of rotatable bonds is 5. The predicted molar refractivity (Wildman–Crippen MR) is 90.8 cm³/mol. The first kappa shape index (κ1) is 14.9. The van der Waals surface area contributed by atoms with Crippen LogP contribution in [0.15, 0.2) is 53.5 Å². The first-order valence-corrected chi connectivity index (χ1v) is 7.92. The van der Waals surface area contributed by atoms with Gasteiger partial charge in [0, 0.05) is 11.6 Å². The highest BCUT2D eigenvalue weighted by atomic mass is 32.1. The standard InChI is InChI=1S/C18H13N3OS/c19-9-15-2-6-16(20-10-15)5-1-14-3-7-18(8-4-14)22-11-17-12-23-13-21-17/h1-8,10,12-13H,11H2. The molecular formula is C18H13N3OS. The Labute approximate surface area is 138 Å². The molecule has 0 N–H and O–H groups in total. The summed E-state index contributed by atoms with van der Waals surface area (Å²) in [5.41, 5.74) is 5.16. The van der Waals surface area contributed by atoms with Crippen molar-refractivity contribution in [3.05, 3.63) is 76.0 Å². The van der Waals surface area contributed by atoms with E-state index in [9.17, 15) is 0 Å². The van der Waals surface area contributed by atoms with Crippen LogP contribution < -0.4 is 4.74 Å². The number of benzene rings is 1. The number of nitriles is 1. The Morgan fingerprint density at radius 3 is 2.61 bits per heavy atom. The Morgan fingerprint density at radius 1 is 1.09 bits per heavy atom. The van der Waals surface area contributed by atoms with Crippen LogP contribution in [0.25, 0.3) is 12.2 Å². The third kappa shape index (κ3) is 4.25. The van der Waals surface area contributed by atoms with Gasteiger partial charge in [0.2, 0.25) is 0 Å². The van der Waals surface area contributed by atoms with Gasteiger partial charge in [0.25, 0.3) is 0 Å². The summed E-state index contributed by atoms with van der Waals surface area (Å²) in [5, 5.41) is 10.7. The lowest BCUT2D eigenvalue weighted by atomic mass is 10.2. The summed E-state index contributed by atoms with van der Waals surface area (Å²) in [6.45, 7) is 0.480. The first-order valence-electron chi connectivity index (χ1n) is 6.98. The molecule has 0 spiro atoms. The number of hydrogen-bond donors (Lipinski definition) is 0. The van der Waals surface area contributed by atoms with Crippen molar-refractivity contribution in [3.63, 3.8) is 0 Å². The van der Waals surface area contributed by atoms with Gasteiger partial charge >= 0.3 is 0 Å². The van der Waals surface area contributed by atoms with E-state index in [4.69, 9.17) is 10.00 Å². The van der Waals surface area contributed by atoms with E-state index in [0.717, 1.165) is 22.7 Å². The number of hydrogen-bond acceptors (Lipinski definition) is 5. The van der Waals surface area contributed by atoms with Crippen molar-refractivity contribution < 1.29 is 4.74 Å². The maximum absolute atomic E-state index is 8.74. The summed E-state index contributed by atoms with van der Waals surface area (Å²) < 4.78 is 5.67. The van der Waals surface area contributed by atoms with E-state index in [-0.39, 0.29) is 0 Å². The van der Waals surface area contributed by atoms with E-state index in [2.05, 4.69) is 16.0 Å². The summed E-state index contributed by atoms with van der Waals surface area (Å²) in [6, 6.07) is 13.4. The molecule has 0 aliphatic carbocycles. The monoisotopic (exact) mass is 319 g/mol. The molecule has 4 nitrogen and oxygen atoms in total. The summed E-state index contributed by atoms with van der Waals surface area (Å²) >= 11 is 1.56. The minimum atomic E-state index is 0.480. The third-order valence-corrected chi connectivity index (χ3v) is 3.75. The molecular weight excluding hydrogens is 306 g/mol. The van der Waals surface area contributed by atoms with Gasteiger partial charge in [-0.25, -0.2) is 4.98 Å². The van der Waals surface area contributed by atoms with Crippen molar-refractivity contribution in [1.29, 1.82) is 5.26 Å². The second kappa shape index (κ2) is 7.34. The van der Waals surface area contributed by atoms with Crippen LogP contribution in [0.4, 0.5) is 0 Å². The van der Waals surface area contributed by atoms with Crippen molar-refractivity contribution in [1.82, 2.24) is 9.97 Å². The molecule has 3 aromatic rings. The van der Waals surface area contributed by atoms with Gasteiger partial charge < -0.3 is 4.74 Å². The zero-order valence-electron chi connectivity index (χ0n) is 12.2. The van der Waals surface area contributed by atoms with E-state index < -0.39 is 0 Å². The number of thiazole rings is 1. The normalized spacial score (nSPS) is 10.6. The molecule has 0 saturated heterocycles.